The molecule has 0 saturated carbocycles. The maximum atomic E-state index is 13.5. The van der Waals surface area contributed by atoms with Gasteiger partial charge in [0.25, 0.3) is 0 Å². The molecule has 2 atom stereocenters. The van der Waals surface area contributed by atoms with Crippen molar-refractivity contribution in [2.75, 3.05) is 13.6 Å². The Hall–Kier alpha value is -3.26. The Kier molecular flexibility index (Phi) is 8.41. The summed E-state index contributed by atoms with van der Waals surface area (Å²) in [5.74, 6) is -0.920. The third kappa shape index (κ3) is 6.38. The van der Waals surface area contributed by atoms with E-state index >= 15 is 0 Å². The van der Waals surface area contributed by atoms with Crippen LogP contribution in [0.2, 0.25) is 0 Å². The quantitative estimate of drug-likeness (QED) is 0.289. The number of nitrogens with zero attached hydrogens (tertiary/aromatic N) is 1. The van der Waals surface area contributed by atoms with Crippen LogP contribution < -0.4 is 10.6 Å². The number of rotatable bonds is 8. The summed E-state index contributed by atoms with van der Waals surface area (Å²) in [7, 11) is 1.54. The summed E-state index contributed by atoms with van der Waals surface area (Å²) in [5, 5.41) is 5.91. The van der Waals surface area contributed by atoms with E-state index in [1.165, 1.54) is 42.6 Å². The molecule has 214 valence electrons. The zero-order chi connectivity index (χ0) is 29.3. The normalized spacial score (nSPS) is 17.5. The molecular weight excluding hydrogens is 518 g/mol. The highest BCUT2D eigenvalue weighted by atomic mass is 19.4. The first-order valence-corrected chi connectivity index (χ1v) is 13.6. The fraction of sp³-hybridized carbons (Fsp3) is 0.438. The number of fused-ring (bicyclic) bond motifs is 1. The molecular formula is C32H37F4N3O. The summed E-state index contributed by atoms with van der Waals surface area (Å²) < 4.78 is 53.2. The van der Waals surface area contributed by atoms with E-state index in [9.17, 15) is 22.4 Å². The number of likely N-dealkylation sites (N-methyl/N-ethyl adjacent to an activating group) is 1. The Balaban J connectivity index is 1.68. The van der Waals surface area contributed by atoms with Crippen LogP contribution in [0.5, 0.6) is 0 Å². The SMILES string of the molecule is CNC(=O)[C@H](NCC[C@H](c1ccc(C(F)(F)F)nc1)c1ccc2c(c1)C(C)(C)CCC2(C)C)c1ccc(F)cc1. The molecule has 3 aromatic rings. The number of carbonyl (C=O) groups is 1. The molecule has 0 fully saturated rings. The molecule has 8 heteroatoms. The Morgan fingerprint density at radius 3 is 2.08 bits per heavy atom. The van der Waals surface area contributed by atoms with Crippen LogP contribution in [0.25, 0.3) is 0 Å². The molecule has 1 amide bonds. The molecule has 0 unspecified atom stereocenters. The second kappa shape index (κ2) is 11.3. The zero-order valence-electron chi connectivity index (χ0n) is 23.6. The van der Waals surface area contributed by atoms with Gasteiger partial charge in [-0.05, 0) is 82.7 Å². The summed E-state index contributed by atoms with van der Waals surface area (Å²) in [6, 6.07) is 14.0. The third-order valence-corrected chi connectivity index (χ3v) is 8.25. The first-order valence-electron chi connectivity index (χ1n) is 13.6. The predicted octanol–water partition coefficient (Wildman–Crippen LogP) is 7.19. The van der Waals surface area contributed by atoms with Crippen LogP contribution in [-0.2, 0) is 21.8 Å². The molecule has 1 heterocycles. The summed E-state index contributed by atoms with van der Waals surface area (Å²) in [5.41, 5.74) is 3.90. The molecule has 0 radical (unpaired) electrons. The number of halogens is 4. The smallest absolute Gasteiger partial charge is 0.358 e. The monoisotopic (exact) mass is 555 g/mol. The minimum Gasteiger partial charge on any atom is -0.358 e. The molecule has 0 aliphatic heterocycles. The van der Waals surface area contributed by atoms with Gasteiger partial charge in [0.2, 0.25) is 5.91 Å². The van der Waals surface area contributed by atoms with Crippen molar-refractivity contribution in [3.8, 4) is 0 Å². The van der Waals surface area contributed by atoms with E-state index in [1.807, 2.05) is 0 Å². The van der Waals surface area contributed by atoms with Crippen molar-refractivity contribution in [1.82, 2.24) is 15.6 Å². The van der Waals surface area contributed by atoms with Gasteiger partial charge in [0.05, 0.1) is 0 Å². The standard InChI is InChI=1S/C32H37F4N3O/c1-30(2)15-16-31(3,4)26-18-21(8-12-25(26)30)24(22-9-13-27(39-19-22)32(34,35)36)14-17-38-28(29(40)37-5)20-6-10-23(33)11-7-20/h6-13,18-19,24,28,38H,14-17H2,1-5H3,(H,37,40)/t24-,28+/m0/s1. The maximum Gasteiger partial charge on any atom is 0.433 e. The van der Waals surface area contributed by atoms with Crippen LogP contribution in [-0.4, -0.2) is 24.5 Å². The highest BCUT2D eigenvalue weighted by molar-refractivity contribution is 5.82. The van der Waals surface area contributed by atoms with E-state index < -0.39 is 23.7 Å². The zero-order valence-corrected chi connectivity index (χ0v) is 23.6. The summed E-state index contributed by atoms with van der Waals surface area (Å²) >= 11 is 0. The Bertz CT molecular complexity index is 1330. The molecule has 0 bridgehead atoms. The second-order valence-electron chi connectivity index (χ2n) is 11.9. The minimum absolute atomic E-state index is 0.0328. The highest BCUT2D eigenvalue weighted by Crippen LogP contribution is 2.47. The van der Waals surface area contributed by atoms with Crippen LogP contribution in [0, 0.1) is 5.82 Å². The number of nitrogens with one attached hydrogen (secondary N) is 2. The third-order valence-electron chi connectivity index (χ3n) is 8.25. The van der Waals surface area contributed by atoms with E-state index in [4.69, 9.17) is 0 Å². The lowest BCUT2D eigenvalue weighted by atomic mass is 9.62. The van der Waals surface area contributed by atoms with Gasteiger partial charge in [-0.15, -0.1) is 0 Å². The molecule has 2 N–H and O–H groups in total. The predicted molar refractivity (Wildman–Crippen MR) is 149 cm³/mol. The fourth-order valence-corrected chi connectivity index (χ4v) is 5.66. The first-order chi connectivity index (χ1) is 18.7. The summed E-state index contributed by atoms with van der Waals surface area (Å²) in [4.78, 5) is 16.4. The van der Waals surface area contributed by atoms with Gasteiger partial charge in [0.15, 0.2) is 0 Å². The van der Waals surface area contributed by atoms with Crippen molar-refractivity contribution in [3.63, 3.8) is 0 Å². The number of hydrogen-bond donors (Lipinski definition) is 2. The summed E-state index contributed by atoms with van der Waals surface area (Å²) in [6.07, 6.45) is -0.599. The minimum atomic E-state index is -4.52. The Morgan fingerprint density at radius 1 is 0.900 bits per heavy atom. The van der Waals surface area contributed by atoms with Gasteiger partial charge in [-0.2, -0.15) is 13.2 Å². The van der Waals surface area contributed by atoms with Crippen molar-refractivity contribution in [2.24, 2.45) is 0 Å². The van der Waals surface area contributed by atoms with E-state index in [1.54, 1.807) is 12.1 Å². The van der Waals surface area contributed by atoms with Gasteiger partial charge >= 0.3 is 6.18 Å². The van der Waals surface area contributed by atoms with E-state index in [2.05, 4.69) is 61.5 Å². The number of amides is 1. The Morgan fingerprint density at radius 2 is 1.50 bits per heavy atom. The van der Waals surface area contributed by atoms with Crippen molar-refractivity contribution in [2.45, 2.75) is 75.9 Å². The summed E-state index contributed by atoms with van der Waals surface area (Å²) in [6.45, 7) is 9.34. The van der Waals surface area contributed by atoms with Crippen LogP contribution in [0.3, 0.4) is 0 Å². The molecule has 40 heavy (non-hydrogen) atoms. The van der Waals surface area contributed by atoms with E-state index in [-0.39, 0.29) is 22.7 Å². The lowest BCUT2D eigenvalue weighted by molar-refractivity contribution is -0.141. The average Bonchev–Trinajstić information content (AvgIpc) is 2.91. The van der Waals surface area contributed by atoms with Gasteiger partial charge in [0.1, 0.15) is 17.6 Å². The van der Waals surface area contributed by atoms with Crippen LogP contribution in [0.4, 0.5) is 17.6 Å². The lowest BCUT2D eigenvalue weighted by Crippen LogP contribution is -2.36. The number of hydrogen-bond acceptors (Lipinski definition) is 3. The molecule has 4 nitrogen and oxygen atoms in total. The highest BCUT2D eigenvalue weighted by Gasteiger charge is 2.37. The second-order valence-corrected chi connectivity index (χ2v) is 11.9. The molecule has 1 aliphatic carbocycles. The van der Waals surface area contributed by atoms with Crippen LogP contribution >= 0.6 is 0 Å². The first kappa shape index (κ1) is 29.7. The molecule has 1 aliphatic rings. The van der Waals surface area contributed by atoms with Gasteiger partial charge in [-0.1, -0.05) is 64.1 Å². The molecule has 0 saturated heterocycles. The van der Waals surface area contributed by atoms with Gasteiger partial charge in [-0.3, -0.25) is 9.78 Å². The van der Waals surface area contributed by atoms with Crippen molar-refractivity contribution >= 4 is 5.91 Å². The van der Waals surface area contributed by atoms with E-state index in [0.29, 0.717) is 24.1 Å². The average molecular weight is 556 g/mol. The van der Waals surface area contributed by atoms with Gasteiger partial charge in [-0.25, -0.2) is 4.39 Å². The number of alkyl halides is 3. The van der Waals surface area contributed by atoms with E-state index in [0.717, 1.165) is 24.5 Å². The number of carbonyl (C=O) groups excluding carboxylic acids is 1. The van der Waals surface area contributed by atoms with Crippen LogP contribution in [0.1, 0.15) is 92.4 Å². The molecule has 1 aromatic heterocycles. The fourth-order valence-electron chi connectivity index (χ4n) is 5.66. The van der Waals surface area contributed by atoms with Crippen molar-refractivity contribution in [3.05, 3.63) is 100 Å². The van der Waals surface area contributed by atoms with Crippen molar-refractivity contribution < 1.29 is 22.4 Å². The van der Waals surface area contributed by atoms with Crippen molar-refractivity contribution in [1.29, 1.82) is 0 Å². The largest absolute Gasteiger partial charge is 0.433 e. The topological polar surface area (TPSA) is 54.0 Å². The molecule has 2 aromatic carbocycles. The Labute approximate surface area is 233 Å². The van der Waals surface area contributed by atoms with Gasteiger partial charge < -0.3 is 10.6 Å². The number of aromatic nitrogens is 1. The number of pyridine rings is 1. The van der Waals surface area contributed by atoms with Crippen LogP contribution in [0.15, 0.2) is 60.8 Å². The lowest BCUT2D eigenvalue weighted by Gasteiger charge is -2.42. The number of benzene rings is 2. The molecule has 4 rings (SSSR count). The molecule has 0 spiro atoms. The maximum absolute atomic E-state index is 13.5. The van der Waals surface area contributed by atoms with Gasteiger partial charge in [0, 0.05) is 19.2 Å².